The smallest absolute Gasteiger partial charge is 0.270 e. The van der Waals surface area contributed by atoms with Gasteiger partial charge in [-0.2, -0.15) is 0 Å². The van der Waals surface area contributed by atoms with Gasteiger partial charge in [0.2, 0.25) is 5.95 Å². The zero-order chi connectivity index (χ0) is 28.5. The molecule has 0 saturated carbocycles. The van der Waals surface area contributed by atoms with E-state index in [0.29, 0.717) is 35.6 Å². The molecule has 200 valence electrons. The van der Waals surface area contributed by atoms with E-state index in [0.717, 1.165) is 30.0 Å². The standard InChI is InChI=1S/C26H31B4N7O3/c1-39-18-5-2-4-17-21(18)34-24(31)35-22(17)23(38)36-26(29,30)20-7-3-6-19(33-20)25(27,28)15-12-16(14-32-13-15)37-8-10-40-11-9-37/h2-7,12-14H,8-11,27-30H2,1H3,(H,36,38)(H2,31,34,35). The van der Waals surface area contributed by atoms with E-state index in [1.165, 1.54) is 0 Å². The summed E-state index contributed by atoms with van der Waals surface area (Å²) in [7, 11) is 9.64. The van der Waals surface area contributed by atoms with Crippen LogP contribution in [0.15, 0.2) is 54.9 Å². The first-order chi connectivity index (χ1) is 19.1. The van der Waals surface area contributed by atoms with Crippen molar-refractivity contribution in [3.8, 4) is 5.75 Å². The van der Waals surface area contributed by atoms with E-state index in [4.69, 9.17) is 20.2 Å². The first-order valence-electron chi connectivity index (χ1n) is 13.3. The maximum atomic E-state index is 13.5. The summed E-state index contributed by atoms with van der Waals surface area (Å²) >= 11 is 0. The Balaban J connectivity index is 1.43. The van der Waals surface area contributed by atoms with Crippen molar-refractivity contribution in [3.05, 3.63) is 77.5 Å². The van der Waals surface area contributed by atoms with E-state index in [2.05, 4.69) is 46.9 Å². The van der Waals surface area contributed by atoms with Crippen molar-refractivity contribution in [1.82, 2.24) is 25.3 Å². The van der Waals surface area contributed by atoms with Gasteiger partial charge in [-0.25, -0.2) is 9.97 Å². The molecule has 3 aromatic heterocycles. The number of anilines is 2. The number of nitrogens with one attached hydrogen (secondary N) is 1. The average Bonchev–Trinajstić information content (AvgIpc) is 2.96. The maximum Gasteiger partial charge on any atom is 0.270 e. The lowest BCUT2D eigenvalue weighted by Crippen LogP contribution is -2.48. The molecule has 4 heterocycles. The Morgan fingerprint density at radius 2 is 1.75 bits per heavy atom. The van der Waals surface area contributed by atoms with Crippen molar-refractivity contribution < 1.29 is 14.3 Å². The number of para-hydroxylation sites is 1. The molecule has 4 aromatic rings. The van der Waals surface area contributed by atoms with Crippen LogP contribution in [0.25, 0.3) is 10.9 Å². The number of aromatic nitrogens is 4. The number of hydrogen-bond donors (Lipinski definition) is 2. The first kappa shape index (κ1) is 27.5. The number of nitrogens with two attached hydrogens (primary N) is 1. The van der Waals surface area contributed by atoms with Crippen LogP contribution >= 0.6 is 0 Å². The Hall–Kier alpha value is -4.05. The van der Waals surface area contributed by atoms with Gasteiger partial charge in [0.05, 0.1) is 32.2 Å². The van der Waals surface area contributed by atoms with Gasteiger partial charge in [-0.3, -0.25) is 14.8 Å². The normalized spacial score (nSPS) is 14.2. The molecule has 0 aliphatic carbocycles. The Bertz CT molecular complexity index is 1560. The summed E-state index contributed by atoms with van der Waals surface area (Å²) in [5.41, 5.74) is 10.3. The van der Waals surface area contributed by atoms with Crippen LogP contribution in [0.3, 0.4) is 0 Å². The van der Waals surface area contributed by atoms with Gasteiger partial charge in [0.1, 0.15) is 48.3 Å². The van der Waals surface area contributed by atoms with Gasteiger partial charge in [0.15, 0.2) is 0 Å². The van der Waals surface area contributed by atoms with Gasteiger partial charge in [0.25, 0.3) is 5.91 Å². The largest absolute Gasteiger partial charge is 0.494 e. The van der Waals surface area contributed by atoms with Gasteiger partial charge < -0.3 is 25.4 Å². The Labute approximate surface area is 237 Å². The summed E-state index contributed by atoms with van der Waals surface area (Å²) in [6, 6.07) is 13.4. The monoisotopic (exact) mass is 533 g/mol. The molecule has 0 unspecified atom stereocenters. The molecule has 0 spiro atoms. The van der Waals surface area contributed by atoms with Crippen LogP contribution in [0.2, 0.25) is 0 Å². The quantitative estimate of drug-likeness (QED) is 0.263. The van der Waals surface area contributed by atoms with E-state index in [9.17, 15) is 4.79 Å². The summed E-state index contributed by atoms with van der Waals surface area (Å²) in [5, 5.41) is 2.40. The van der Waals surface area contributed by atoms with Crippen LogP contribution in [0.4, 0.5) is 11.6 Å². The zero-order valence-electron chi connectivity index (χ0n) is 23.6. The molecule has 3 N–H and O–H groups in total. The van der Waals surface area contributed by atoms with E-state index < -0.39 is 10.6 Å². The topological polar surface area (TPSA) is 128 Å². The van der Waals surface area contributed by atoms with E-state index >= 15 is 0 Å². The number of rotatable bonds is 7. The molecule has 0 atom stereocenters. The summed E-state index contributed by atoms with van der Waals surface area (Å²) in [6.45, 7) is 3.10. The lowest BCUT2D eigenvalue weighted by Gasteiger charge is -2.32. The van der Waals surface area contributed by atoms with Crippen molar-refractivity contribution in [2.45, 2.75) is 10.6 Å². The average molecular weight is 533 g/mol. The number of morpholine rings is 1. The minimum absolute atomic E-state index is 0.00486. The summed E-state index contributed by atoms with van der Waals surface area (Å²) in [6.07, 6.45) is 3.79. The number of carbonyl (C=O) groups excluding carboxylic acids is 1. The zero-order valence-corrected chi connectivity index (χ0v) is 23.6. The molecule has 1 aromatic carbocycles. The van der Waals surface area contributed by atoms with Gasteiger partial charge in [-0.15, -0.1) is 0 Å². The second-order valence-corrected chi connectivity index (χ2v) is 10.9. The number of amides is 1. The van der Waals surface area contributed by atoms with E-state index in [-0.39, 0.29) is 17.5 Å². The fourth-order valence-corrected chi connectivity index (χ4v) is 4.93. The second-order valence-electron chi connectivity index (χ2n) is 10.9. The van der Waals surface area contributed by atoms with Crippen LogP contribution in [-0.4, -0.2) is 90.6 Å². The van der Waals surface area contributed by atoms with Crippen LogP contribution in [0.5, 0.6) is 5.75 Å². The number of fused-ring (bicyclic) bond motifs is 1. The summed E-state index contributed by atoms with van der Waals surface area (Å²) in [5.74, 6) is 0.129. The molecule has 10 nitrogen and oxygen atoms in total. The van der Waals surface area contributed by atoms with Crippen LogP contribution < -0.4 is 20.7 Å². The molecule has 1 aliphatic rings. The fraction of sp³-hybridized carbons (Fsp3) is 0.269. The molecule has 0 bridgehead atoms. The highest BCUT2D eigenvalue weighted by Crippen LogP contribution is 2.29. The predicted octanol–water partition coefficient (Wildman–Crippen LogP) is -1.88. The number of ether oxygens (including phenoxy) is 2. The van der Waals surface area contributed by atoms with Gasteiger partial charge in [-0.05, 0) is 35.0 Å². The maximum absolute atomic E-state index is 13.5. The number of carbonyl (C=O) groups is 1. The molecule has 14 heteroatoms. The number of nitrogen functional groups attached to an aromatic ring is 1. The SMILES string of the molecule is BC(B)(NC(=O)c1nc(N)nc2c(OC)cccc12)c1cccc(C(B)(B)c2cncc(N3CCOCC3)c2)n1. The van der Waals surface area contributed by atoms with Gasteiger partial charge >= 0.3 is 0 Å². The lowest BCUT2D eigenvalue weighted by atomic mass is 9.49. The molecule has 1 aliphatic heterocycles. The van der Waals surface area contributed by atoms with Crippen LogP contribution in [-0.2, 0) is 15.3 Å². The molecule has 1 amide bonds. The van der Waals surface area contributed by atoms with E-state index in [1.54, 1.807) is 25.3 Å². The van der Waals surface area contributed by atoms with Crippen molar-refractivity contribution in [2.75, 3.05) is 44.0 Å². The number of hydrogen-bond acceptors (Lipinski definition) is 9. The van der Waals surface area contributed by atoms with Crippen LogP contribution in [0, 0.1) is 0 Å². The number of benzene rings is 1. The minimum atomic E-state index is -0.817. The fourth-order valence-electron chi connectivity index (χ4n) is 4.93. The third-order valence-electron chi connectivity index (χ3n) is 7.42. The highest BCUT2D eigenvalue weighted by Gasteiger charge is 2.31. The Kier molecular flexibility index (Phi) is 7.46. The van der Waals surface area contributed by atoms with E-state index in [1.807, 2.05) is 46.3 Å². The third kappa shape index (κ3) is 5.36. The molecule has 5 rings (SSSR count). The predicted molar refractivity (Wildman–Crippen MR) is 166 cm³/mol. The van der Waals surface area contributed by atoms with Crippen molar-refractivity contribution in [2.24, 2.45) is 0 Å². The highest BCUT2D eigenvalue weighted by molar-refractivity contribution is 6.42. The molecule has 1 saturated heterocycles. The minimum Gasteiger partial charge on any atom is -0.494 e. The lowest BCUT2D eigenvalue weighted by molar-refractivity contribution is 0.0938. The molecular formula is C26H31B4N7O3. The van der Waals surface area contributed by atoms with Gasteiger partial charge in [-0.1, -0.05) is 18.2 Å². The Morgan fingerprint density at radius 1 is 1.02 bits per heavy atom. The summed E-state index contributed by atoms with van der Waals surface area (Å²) < 4.78 is 10.9. The van der Waals surface area contributed by atoms with Crippen molar-refractivity contribution in [3.63, 3.8) is 0 Å². The third-order valence-corrected chi connectivity index (χ3v) is 7.42. The number of methoxy groups -OCH3 is 1. The van der Waals surface area contributed by atoms with Crippen LogP contribution in [0.1, 0.15) is 27.4 Å². The highest BCUT2D eigenvalue weighted by atomic mass is 16.5. The molecule has 1 fully saturated rings. The first-order valence-corrected chi connectivity index (χ1v) is 13.3. The summed E-state index contributed by atoms with van der Waals surface area (Å²) in [4.78, 5) is 33.9. The number of nitrogens with zero attached hydrogens (tertiary/aromatic N) is 5. The number of pyridine rings is 2. The van der Waals surface area contributed by atoms with Crippen molar-refractivity contribution >= 4 is 59.8 Å². The van der Waals surface area contributed by atoms with Gasteiger partial charge in [0, 0.05) is 41.4 Å². The molecular weight excluding hydrogens is 502 g/mol. The molecule has 40 heavy (non-hydrogen) atoms. The van der Waals surface area contributed by atoms with Crippen molar-refractivity contribution in [1.29, 1.82) is 0 Å². The second kappa shape index (κ2) is 10.8. The molecule has 0 radical (unpaired) electrons. The Morgan fingerprint density at radius 3 is 2.50 bits per heavy atom.